The summed E-state index contributed by atoms with van der Waals surface area (Å²) >= 11 is 12.1. The molecule has 0 aromatic heterocycles. The first-order valence-electron chi connectivity index (χ1n) is 9.04. The summed E-state index contributed by atoms with van der Waals surface area (Å²) in [4.78, 5) is 30.3. The Balaban J connectivity index is 1.80. The molecule has 3 aromatic rings. The van der Waals surface area contributed by atoms with Crippen LogP contribution in [0.1, 0.15) is 21.5 Å². The van der Waals surface area contributed by atoms with Gasteiger partial charge in [0.1, 0.15) is 5.70 Å². The first kappa shape index (κ1) is 19.9. The molecule has 1 N–H and O–H groups in total. The second-order valence-corrected chi connectivity index (χ2v) is 7.28. The molecule has 3 aromatic carbocycles. The van der Waals surface area contributed by atoms with Crippen molar-refractivity contribution in [3.8, 4) is 0 Å². The SMILES string of the molecule is O=C1NN(C(=O)c2ccc(Cl)cc2)C(c2ccccc2)=N/C1=C/c1ccccc1Cl. The van der Waals surface area contributed by atoms with Crippen molar-refractivity contribution in [2.75, 3.05) is 0 Å². The van der Waals surface area contributed by atoms with Gasteiger partial charge in [-0.3, -0.25) is 15.0 Å². The molecule has 1 heterocycles. The summed E-state index contributed by atoms with van der Waals surface area (Å²) in [5.74, 6) is -0.648. The predicted octanol–water partition coefficient (Wildman–Crippen LogP) is 4.97. The zero-order valence-corrected chi connectivity index (χ0v) is 17.1. The van der Waals surface area contributed by atoms with Gasteiger partial charge in [0.2, 0.25) is 0 Å². The molecule has 7 heteroatoms. The number of amidine groups is 1. The van der Waals surface area contributed by atoms with Gasteiger partial charge in [0.05, 0.1) is 0 Å². The highest BCUT2D eigenvalue weighted by atomic mass is 35.5. The van der Waals surface area contributed by atoms with Gasteiger partial charge >= 0.3 is 0 Å². The van der Waals surface area contributed by atoms with E-state index in [0.717, 1.165) is 5.01 Å². The maximum Gasteiger partial charge on any atom is 0.288 e. The van der Waals surface area contributed by atoms with E-state index < -0.39 is 11.8 Å². The van der Waals surface area contributed by atoms with Gasteiger partial charge in [-0.15, -0.1) is 0 Å². The number of rotatable bonds is 3. The van der Waals surface area contributed by atoms with Crippen molar-refractivity contribution in [2.45, 2.75) is 0 Å². The van der Waals surface area contributed by atoms with Crippen LogP contribution in [0.3, 0.4) is 0 Å². The molecule has 1 aliphatic heterocycles. The van der Waals surface area contributed by atoms with Crippen LogP contribution in [0.15, 0.2) is 89.6 Å². The third kappa shape index (κ3) is 4.13. The molecule has 0 spiro atoms. The first-order chi connectivity index (χ1) is 14.5. The lowest BCUT2D eigenvalue weighted by molar-refractivity contribution is -0.120. The van der Waals surface area contributed by atoms with Crippen LogP contribution in [0.4, 0.5) is 0 Å². The fourth-order valence-corrected chi connectivity index (χ4v) is 3.23. The summed E-state index contributed by atoms with van der Waals surface area (Å²) in [5.41, 5.74) is 4.46. The molecule has 4 rings (SSSR count). The molecule has 0 bridgehead atoms. The monoisotopic (exact) mass is 435 g/mol. The average molecular weight is 436 g/mol. The summed E-state index contributed by atoms with van der Waals surface area (Å²) in [6.07, 6.45) is 1.59. The van der Waals surface area contributed by atoms with Crippen molar-refractivity contribution in [3.63, 3.8) is 0 Å². The van der Waals surface area contributed by atoms with Crippen LogP contribution in [0, 0.1) is 0 Å². The Labute approximate surface area is 183 Å². The van der Waals surface area contributed by atoms with Crippen molar-refractivity contribution < 1.29 is 9.59 Å². The second kappa shape index (κ2) is 8.53. The van der Waals surface area contributed by atoms with E-state index >= 15 is 0 Å². The lowest BCUT2D eigenvalue weighted by atomic mass is 10.1. The van der Waals surface area contributed by atoms with Gasteiger partial charge in [-0.25, -0.2) is 4.99 Å². The van der Waals surface area contributed by atoms with Crippen LogP contribution < -0.4 is 5.43 Å². The number of aliphatic imine (C=N–C) groups is 1. The van der Waals surface area contributed by atoms with Crippen LogP contribution in [-0.2, 0) is 4.79 Å². The fraction of sp³-hybridized carbons (Fsp3) is 0. The molecule has 0 saturated heterocycles. The second-order valence-electron chi connectivity index (χ2n) is 6.44. The largest absolute Gasteiger partial charge is 0.288 e. The number of carbonyl (C=O) groups is 2. The predicted molar refractivity (Wildman–Crippen MR) is 118 cm³/mol. The molecule has 0 fully saturated rings. The maximum absolute atomic E-state index is 13.1. The number of carbonyl (C=O) groups excluding carboxylic acids is 2. The van der Waals surface area contributed by atoms with Gasteiger partial charge in [-0.1, -0.05) is 71.7 Å². The minimum absolute atomic E-state index is 0.141. The highest BCUT2D eigenvalue weighted by Crippen LogP contribution is 2.22. The van der Waals surface area contributed by atoms with E-state index in [2.05, 4.69) is 10.4 Å². The third-order valence-corrected chi connectivity index (χ3v) is 5.00. The first-order valence-corrected chi connectivity index (χ1v) is 9.80. The lowest BCUT2D eigenvalue weighted by Gasteiger charge is -2.28. The maximum atomic E-state index is 13.1. The Morgan fingerprint density at radius 3 is 2.27 bits per heavy atom. The Hall–Kier alpha value is -3.41. The van der Waals surface area contributed by atoms with E-state index in [9.17, 15) is 9.59 Å². The molecule has 0 unspecified atom stereocenters. The molecular formula is C23H15Cl2N3O2. The van der Waals surface area contributed by atoms with Crippen LogP contribution in [-0.4, -0.2) is 22.7 Å². The number of hydrogen-bond acceptors (Lipinski definition) is 3. The quantitative estimate of drug-likeness (QED) is 0.590. The molecule has 0 atom stereocenters. The van der Waals surface area contributed by atoms with Crippen LogP contribution in [0.25, 0.3) is 6.08 Å². The van der Waals surface area contributed by atoms with Gasteiger partial charge in [0.25, 0.3) is 11.8 Å². The summed E-state index contributed by atoms with van der Waals surface area (Å²) in [5, 5.41) is 2.15. The van der Waals surface area contributed by atoms with E-state index in [0.29, 0.717) is 32.6 Å². The van der Waals surface area contributed by atoms with Crippen molar-refractivity contribution in [1.29, 1.82) is 0 Å². The fourth-order valence-electron chi connectivity index (χ4n) is 2.91. The van der Waals surface area contributed by atoms with Crippen LogP contribution >= 0.6 is 23.2 Å². The van der Waals surface area contributed by atoms with Crippen molar-refractivity contribution >= 4 is 46.9 Å². The molecule has 1 aliphatic rings. The topological polar surface area (TPSA) is 61.8 Å². The van der Waals surface area contributed by atoms with Gasteiger partial charge in [-0.2, -0.15) is 5.01 Å². The molecule has 5 nitrogen and oxygen atoms in total. The van der Waals surface area contributed by atoms with Crippen molar-refractivity contribution in [3.05, 3.63) is 111 Å². The van der Waals surface area contributed by atoms with Crippen molar-refractivity contribution in [1.82, 2.24) is 10.4 Å². The average Bonchev–Trinajstić information content (AvgIpc) is 2.77. The van der Waals surface area contributed by atoms with E-state index in [1.54, 1.807) is 48.5 Å². The molecule has 148 valence electrons. The Morgan fingerprint density at radius 1 is 0.900 bits per heavy atom. The Kier molecular flexibility index (Phi) is 5.65. The molecule has 0 radical (unpaired) electrons. The smallest absolute Gasteiger partial charge is 0.267 e. The lowest BCUT2D eigenvalue weighted by Crippen LogP contribution is -2.53. The Bertz CT molecular complexity index is 1170. The summed E-state index contributed by atoms with van der Waals surface area (Å²) in [6, 6.07) is 22.7. The normalized spacial score (nSPS) is 15.0. The highest BCUT2D eigenvalue weighted by molar-refractivity contribution is 6.32. The molecule has 2 amide bonds. The minimum atomic E-state index is -0.517. The number of hydrogen-bond donors (Lipinski definition) is 1. The number of benzene rings is 3. The third-order valence-electron chi connectivity index (χ3n) is 4.41. The number of nitrogens with zero attached hydrogens (tertiary/aromatic N) is 2. The Morgan fingerprint density at radius 2 is 1.57 bits per heavy atom. The van der Waals surface area contributed by atoms with E-state index in [4.69, 9.17) is 23.2 Å². The van der Waals surface area contributed by atoms with E-state index in [1.807, 2.05) is 36.4 Å². The van der Waals surface area contributed by atoms with E-state index in [1.165, 1.54) is 0 Å². The van der Waals surface area contributed by atoms with Crippen LogP contribution in [0.5, 0.6) is 0 Å². The molecular weight excluding hydrogens is 421 g/mol. The minimum Gasteiger partial charge on any atom is -0.267 e. The molecule has 0 aliphatic carbocycles. The van der Waals surface area contributed by atoms with Gasteiger partial charge in [0.15, 0.2) is 5.84 Å². The highest BCUT2D eigenvalue weighted by Gasteiger charge is 2.30. The van der Waals surface area contributed by atoms with Crippen molar-refractivity contribution in [2.24, 2.45) is 4.99 Å². The number of amides is 2. The number of nitrogens with one attached hydrogen (secondary N) is 1. The summed E-state index contributed by atoms with van der Waals surface area (Å²) in [6.45, 7) is 0. The number of hydrazine groups is 1. The molecule has 30 heavy (non-hydrogen) atoms. The zero-order valence-electron chi connectivity index (χ0n) is 15.5. The van der Waals surface area contributed by atoms with Gasteiger partial charge in [0, 0.05) is 21.2 Å². The summed E-state index contributed by atoms with van der Waals surface area (Å²) in [7, 11) is 0. The standard InChI is InChI=1S/C23H15Cl2N3O2/c24-18-12-10-16(11-13-18)23(30)28-21(15-6-2-1-3-7-15)26-20(22(29)27-28)14-17-8-4-5-9-19(17)25/h1-14H,(H,27,29)/b20-14+. The molecule has 0 saturated carbocycles. The number of halogens is 2. The zero-order chi connectivity index (χ0) is 21.1. The summed E-state index contributed by atoms with van der Waals surface area (Å²) < 4.78 is 0. The van der Waals surface area contributed by atoms with Gasteiger partial charge in [-0.05, 0) is 42.0 Å². The van der Waals surface area contributed by atoms with Crippen LogP contribution in [0.2, 0.25) is 10.0 Å². The van der Waals surface area contributed by atoms with Gasteiger partial charge < -0.3 is 0 Å². The van der Waals surface area contributed by atoms with E-state index in [-0.39, 0.29) is 5.70 Å².